The molecule has 0 unspecified atom stereocenters. The van der Waals surface area contributed by atoms with Gasteiger partial charge in [0.05, 0.1) is 19.6 Å². The van der Waals surface area contributed by atoms with E-state index in [2.05, 4.69) is 20.4 Å². The summed E-state index contributed by atoms with van der Waals surface area (Å²) >= 11 is 0. The van der Waals surface area contributed by atoms with Crippen LogP contribution in [0.15, 0.2) is 12.7 Å². The number of hydrogen-bond donors (Lipinski definition) is 1. The number of nitrogens with one attached hydrogen (secondary N) is 1. The first-order valence-corrected chi connectivity index (χ1v) is 3.29. The molecule has 0 aromatic carbocycles. The molecule has 0 aromatic heterocycles. The first-order chi connectivity index (χ1) is 3.85. The molecule has 0 aliphatic rings. The van der Waals surface area contributed by atoms with Gasteiger partial charge in [-0.2, -0.15) is 0 Å². The van der Waals surface area contributed by atoms with Gasteiger partial charge in [0.2, 0.25) is 0 Å². The molecule has 48 valence electrons. The molecule has 0 spiro atoms. The van der Waals surface area contributed by atoms with E-state index in [1.807, 2.05) is 6.08 Å². The van der Waals surface area contributed by atoms with Gasteiger partial charge in [0.15, 0.2) is 0 Å². The van der Waals surface area contributed by atoms with Crippen molar-refractivity contribution in [1.82, 2.24) is 0 Å². The SMILES string of the molecule is C=CC[NH+](CC)CC. The summed E-state index contributed by atoms with van der Waals surface area (Å²) in [5.41, 5.74) is 0. The Bertz CT molecular complexity index is 55.4. The Hall–Kier alpha value is -0.300. The van der Waals surface area contributed by atoms with Gasteiger partial charge in [0, 0.05) is 0 Å². The summed E-state index contributed by atoms with van der Waals surface area (Å²) in [5, 5.41) is 0. The fourth-order valence-corrected chi connectivity index (χ4v) is 0.743. The first kappa shape index (κ1) is 7.70. The molecule has 0 rings (SSSR count). The Morgan fingerprint density at radius 1 is 1.38 bits per heavy atom. The molecule has 0 atom stereocenters. The Labute approximate surface area is 52.0 Å². The van der Waals surface area contributed by atoms with E-state index in [1.165, 1.54) is 13.1 Å². The molecule has 0 amide bonds. The predicted molar refractivity (Wildman–Crippen MR) is 37.1 cm³/mol. The van der Waals surface area contributed by atoms with Crippen molar-refractivity contribution in [3.8, 4) is 0 Å². The summed E-state index contributed by atoms with van der Waals surface area (Å²) in [7, 11) is 0. The normalized spacial score (nSPS) is 9.88. The van der Waals surface area contributed by atoms with Crippen LogP contribution in [0.4, 0.5) is 0 Å². The van der Waals surface area contributed by atoms with Crippen molar-refractivity contribution in [2.24, 2.45) is 0 Å². The van der Waals surface area contributed by atoms with E-state index in [4.69, 9.17) is 0 Å². The van der Waals surface area contributed by atoms with Crippen LogP contribution < -0.4 is 4.90 Å². The van der Waals surface area contributed by atoms with Gasteiger partial charge < -0.3 is 4.90 Å². The van der Waals surface area contributed by atoms with Gasteiger partial charge in [0.1, 0.15) is 0 Å². The van der Waals surface area contributed by atoms with E-state index in [9.17, 15) is 0 Å². The fourth-order valence-electron chi connectivity index (χ4n) is 0.743. The van der Waals surface area contributed by atoms with E-state index >= 15 is 0 Å². The Balaban J connectivity index is 3.20. The van der Waals surface area contributed by atoms with Gasteiger partial charge in [-0.05, 0) is 19.9 Å². The van der Waals surface area contributed by atoms with Crippen LogP contribution in [0.2, 0.25) is 0 Å². The topological polar surface area (TPSA) is 4.44 Å². The summed E-state index contributed by atoms with van der Waals surface area (Å²) in [6, 6.07) is 0. The maximum absolute atomic E-state index is 3.68. The predicted octanol–water partition coefficient (Wildman–Crippen LogP) is 0.0971. The standard InChI is InChI=1S/C7H15N/c1-4-7-8(5-2)6-3/h4H,1,5-7H2,2-3H3/p+1. The van der Waals surface area contributed by atoms with Crippen LogP contribution in [-0.4, -0.2) is 19.6 Å². The molecule has 1 heteroatoms. The number of rotatable bonds is 4. The highest BCUT2D eigenvalue weighted by molar-refractivity contribution is 4.62. The van der Waals surface area contributed by atoms with Crippen molar-refractivity contribution in [3.05, 3.63) is 12.7 Å². The number of quaternary nitrogens is 1. The third kappa shape index (κ3) is 2.80. The lowest BCUT2D eigenvalue weighted by Crippen LogP contribution is -3.11. The highest BCUT2D eigenvalue weighted by Crippen LogP contribution is 1.52. The quantitative estimate of drug-likeness (QED) is 0.494. The van der Waals surface area contributed by atoms with E-state index in [1.54, 1.807) is 4.90 Å². The maximum Gasteiger partial charge on any atom is 0.0955 e. The van der Waals surface area contributed by atoms with Crippen molar-refractivity contribution in [2.45, 2.75) is 13.8 Å². The van der Waals surface area contributed by atoms with Crippen molar-refractivity contribution in [3.63, 3.8) is 0 Å². The molecule has 0 bridgehead atoms. The lowest BCUT2D eigenvalue weighted by Gasteiger charge is -2.11. The largest absolute Gasteiger partial charge is 0.332 e. The number of hydrogen-bond acceptors (Lipinski definition) is 0. The Morgan fingerprint density at radius 2 is 1.88 bits per heavy atom. The van der Waals surface area contributed by atoms with Crippen LogP contribution in [-0.2, 0) is 0 Å². The molecule has 0 heterocycles. The fraction of sp³-hybridized carbons (Fsp3) is 0.714. The molecule has 0 aromatic rings. The second-order valence-electron chi connectivity index (χ2n) is 1.95. The summed E-state index contributed by atoms with van der Waals surface area (Å²) in [4.78, 5) is 1.60. The molecule has 0 aliphatic heterocycles. The van der Waals surface area contributed by atoms with Crippen LogP contribution in [0.1, 0.15) is 13.8 Å². The molecule has 0 radical (unpaired) electrons. The molecule has 0 aliphatic carbocycles. The van der Waals surface area contributed by atoms with Gasteiger partial charge in [-0.3, -0.25) is 0 Å². The summed E-state index contributed by atoms with van der Waals surface area (Å²) < 4.78 is 0. The molecular formula is C7H16N+. The van der Waals surface area contributed by atoms with Crippen LogP contribution in [0.25, 0.3) is 0 Å². The molecular weight excluding hydrogens is 98.1 g/mol. The molecule has 8 heavy (non-hydrogen) atoms. The zero-order valence-corrected chi connectivity index (χ0v) is 5.91. The lowest BCUT2D eigenvalue weighted by molar-refractivity contribution is -0.890. The third-order valence-corrected chi connectivity index (χ3v) is 1.43. The van der Waals surface area contributed by atoms with Crippen molar-refractivity contribution in [2.75, 3.05) is 19.6 Å². The highest BCUT2D eigenvalue weighted by Gasteiger charge is 1.94. The summed E-state index contributed by atoms with van der Waals surface area (Å²) in [5.74, 6) is 0. The highest BCUT2D eigenvalue weighted by atomic mass is 15.1. The molecule has 0 saturated heterocycles. The zero-order valence-electron chi connectivity index (χ0n) is 5.91. The van der Waals surface area contributed by atoms with Crippen LogP contribution >= 0.6 is 0 Å². The molecule has 0 saturated carbocycles. The first-order valence-electron chi connectivity index (χ1n) is 3.29. The van der Waals surface area contributed by atoms with Crippen LogP contribution in [0.5, 0.6) is 0 Å². The summed E-state index contributed by atoms with van der Waals surface area (Å²) in [6.45, 7) is 11.6. The van der Waals surface area contributed by atoms with E-state index < -0.39 is 0 Å². The van der Waals surface area contributed by atoms with Gasteiger partial charge in [-0.25, -0.2) is 0 Å². The second-order valence-corrected chi connectivity index (χ2v) is 1.95. The molecule has 1 nitrogen and oxygen atoms in total. The van der Waals surface area contributed by atoms with Crippen LogP contribution in [0.3, 0.4) is 0 Å². The Morgan fingerprint density at radius 3 is 2.00 bits per heavy atom. The van der Waals surface area contributed by atoms with E-state index in [0.717, 1.165) is 6.54 Å². The van der Waals surface area contributed by atoms with Gasteiger partial charge in [0.25, 0.3) is 0 Å². The number of likely N-dealkylation sites (N-methyl/N-ethyl adjacent to an activating group) is 1. The minimum Gasteiger partial charge on any atom is -0.332 e. The zero-order chi connectivity index (χ0) is 6.41. The maximum atomic E-state index is 3.68. The van der Waals surface area contributed by atoms with E-state index in [-0.39, 0.29) is 0 Å². The smallest absolute Gasteiger partial charge is 0.0955 e. The van der Waals surface area contributed by atoms with Crippen molar-refractivity contribution >= 4 is 0 Å². The molecule has 1 N–H and O–H groups in total. The van der Waals surface area contributed by atoms with Gasteiger partial charge in [-0.15, -0.1) is 0 Å². The minimum absolute atomic E-state index is 1.10. The monoisotopic (exact) mass is 114 g/mol. The van der Waals surface area contributed by atoms with Crippen LogP contribution in [0, 0.1) is 0 Å². The van der Waals surface area contributed by atoms with Crippen molar-refractivity contribution < 1.29 is 4.90 Å². The van der Waals surface area contributed by atoms with E-state index in [0.29, 0.717) is 0 Å². The lowest BCUT2D eigenvalue weighted by atomic mass is 10.5. The average Bonchev–Trinajstić information content (AvgIpc) is 1.83. The Kier molecular flexibility index (Phi) is 4.67. The molecule has 0 fully saturated rings. The van der Waals surface area contributed by atoms with Crippen molar-refractivity contribution in [1.29, 1.82) is 0 Å². The second kappa shape index (κ2) is 4.85. The van der Waals surface area contributed by atoms with Gasteiger partial charge >= 0.3 is 0 Å². The summed E-state index contributed by atoms with van der Waals surface area (Å²) in [6.07, 6.45) is 1.97. The minimum atomic E-state index is 1.10. The third-order valence-electron chi connectivity index (χ3n) is 1.43. The average molecular weight is 114 g/mol. The van der Waals surface area contributed by atoms with Gasteiger partial charge in [-0.1, -0.05) is 6.58 Å².